The van der Waals surface area contributed by atoms with E-state index in [9.17, 15) is 0 Å². The average Bonchev–Trinajstić information content (AvgIpc) is 3.07. The largest absolute Gasteiger partial charge is 0.496 e. The molecular weight excluding hydrogens is 284 g/mol. The Balaban J connectivity index is 2.03. The smallest absolute Gasteiger partial charge is 0.261 e. The Morgan fingerprint density at radius 3 is 2.94 bits per heavy atom. The lowest BCUT2D eigenvalue weighted by atomic mass is 10.2. The van der Waals surface area contributed by atoms with Crippen molar-refractivity contribution >= 4 is 15.9 Å². The summed E-state index contributed by atoms with van der Waals surface area (Å²) in [4.78, 5) is 4.41. The standard InChI is InChI=1S/C12H11BrN2O2/c1-16-10-5-4-8(13)6-9(10)12-14-11(15-17-12)7-2-3-7/h4-7H,2-3H2,1H3. The highest BCUT2D eigenvalue weighted by atomic mass is 79.9. The van der Waals surface area contributed by atoms with E-state index < -0.39 is 0 Å². The van der Waals surface area contributed by atoms with Crippen LogP contribution in [0.3, 0.4) is 0 Å². The van der Waals surface area contributed by atoms with Crippen molar-refractivity contribution in [1.29, 1.82) is 0 Å². The van der Waals surface area contributed by atoms with Gasteiger partial charge in [-0.2, -0.15) is 4.98 Å². The first-order chi connectivity index (χ1) is 8.28. The zero-order valence-electron chi connectivity index (χ0n) is 9.31. The molecule has 4 nitrogen and oxygen atoms in total. The number of aromatic nitrogens is 2. The first-order valence-corrected chi connectivity index (χ1v) is 6.25. The van der Waals surface area contributed by atoms with Crippen LogP contribution < -0.4 is 4.74 Å². The minimum absolute atomic E-state index is 0.491. The molecule has 1 heterocycles. The van der Waals surface area contributed by atoms with Crippen LogP contribution in [0.15, 0.2) is 27.2 Å². The Labute approximate surface area is 107 Å². The molecule has 2 aromatic rings. The zero-order valence-corrected chi connectivity index (χ0v) is 10.9. The van der Waals surface area contributed by atoms with Gasteiger partial charge in [-0.3, -0.25) is 0 Å². The SMILES string of the molecule is COc1ccc(Br)cc1-c1nc(C2CC2)no1. The van der Waals surface area contributed by atoms with E-state index >= 15 is 0 Å². The highest BCUT2D eigenvalue weighted by Gasteiger charge is 2.29. The monoisotopic (exact) mass is 294 g/mol. The van der Waals surface area contributed by atoms with Gasteiger partial charge in [0, 0.05) is 10.4 Å². The molecule has 0 amide bonds. The molecule has 17 heavy (non-hydrogen) atoms. The third-order valence-electron chi connectivity index (χ3n) is 2.78. The first kappa shape index (κ1) is 10.8. The molecule has 1 fully saturated rings. The topological polar surface area (TPSA) is 48.2 Å². The van der Waals surface area contributed by atoms with Gasteiger partial charge in [-0.15, -0.1) is 0 Å². The Kier molecular flexibility index (Phi) is 2.63. The fraction of sp³-hybridized carbons (Fsp3) is 0.333. The summed E-state index contributed by atoms with van der Waals surface area (Å²) in [6.07, 6.45) is 2.32. The van der Waals surface area contributed by atoms with Crippen molar-refractivity contribution in [3.8, 4) is 17.2 Å². The van der Waals surface area contributed by atoms with Gasteiger partial charge in [-0.25, -0.2) is 0 Å². The van der Waals surface area contributed by atoms with Crippen LogP contribution in [-0.4, -0.2) is 17.3 Å². The predicted octanol–water partition coefficient (Wildman–Crippen LogP) is 3.39. The molecule has 0 N–H and O–H groups in total. The number of ether oxygens (including phenoxy) is 1. The van der Waals surface area contributed by atoms with Gasteiger partial charge in [0.25, 0.3) is 5.89 Å². The summed E-state index contributed by atoms with van der Waals surface area (Å²) in [7, 11) is 1.63. The second-order valence-electron chi connectivity index (χ2n) is 4.08. The van der Waals surface area contributed by atoms with Crippen molar-refractivity contribution in [3.05, 3.63) is 28.5 Å². The van der Waals surface area contributed by atoms with Gasteiger partial charge in [0.15, 0.2) is 5.82 Å². The van der Waals surface area contributed by atoms with E-state index in [0.29, 0.717) is 11.8 Å². The van der Waals surface area contributed by atoms with Crippen LogP contribution in [-0.2, 0) is 0 Å². The number of hydrogen-bond donors (Lipinski definition) is 0. The molecule has 1 aromatic heterocycles. The van der Waals surface area contributed by atoms with Gasteiger partial charge >= 0.3 is 0 Å². The normalized spacial score (nSPS) is 14.9. The minimum atomic E-state index is 0.491. The molecule has 88 valence electrons. The Morgan fingerprint density at radius 1 is 1.41 bits per heavy atom. The maximum absolute atomic E-state index is 5.29. The summed E-state index contributed by atoms with van der Waals surface area (Å²) in [5.74, 6) is 2.55. The van der Waals surface area contributed by atoms with Crippen LogP contribution in [0.25, 0.3) is 11.5 Å². The third-order valence-corrected chi connectivity index (χ3v) is 3.27. The summed E-state index contributed by atoms with van der Waals surface area (Å²) in [5, 5.41) is 4.00. The number of nitrogens with zero attached hydrogens (tertiary/aromatic N) is 2. The van der Waals surface area contributed by atoms with Gasteiger partial charge < -0.3 is 9.26 Å². The molecular formula is C12H11BrN2O2. The number of rotatable bonds is 3. The third kappa shape index (κ3) is 2.07. The van der Waals surface area contributed by atoms with Crippen LogP contribution in [0.5, 0.6) is 5.75 Å². The number of hydrogen-bond acceptors (Lipinski definition) is 4. The van der Waals surface area contributed by atoms with E-state index in [1.165, 1.54) is 0 Å². The van der Waals surface area contributed by atoms with Gasteiger partial charge in [-0.1, -0.05) is 21.1 Å². The zero-order chi connectivity index (χ0) is 11.8. The summed E-state index contributed by atoms with van der Waals surface area (Å²) in [6.45, 7) is 0. The van der Waals surface area contributed by atoms with Crippen molar-refractivity contribution < 1.29 is 9.26 Å². The van der Waals surface area contributed by atoms with Crippen LogP contribution >= 0.6 is 15.9 Å². The molecule has 0 aliphatic heterocycles. The summed E-state index contributed by atoms with van der Waals surface area (Å²) >= 11 is 3.43. The molecule has 0 saturated heterocycles. The molecule has 0 bridgehead atoms. The molecule has 0 unspecified atom stereocenters. The van der Waals surface area contributed by atoms with Crippen LogP contribution in [0, 0.1) is 0 Å². The first-order valence-electron chi connectivity index (χ1n) is 5.45. The predicted molar refractivity (Wildman–Crippen MR) is 66.0 cm³/mol. The van der Waals surface area contributed by atoms with Crippen LogP contribution in [0.2, 0.25) is 0 Å². The number of methoxy groups -OCH3 is 1. The van der Waals surface area contributed by atoms with E-state index in [0.717, 1.165) is 34.5 Å². The van der Waals surface area contributed by atoms with Crippen molar-refractivity contribution in [2.45, 2.75) is 18.8 Å². The van der Waals surface area contributed by atoms with E-state index in [2.05, 4.69) is 26.1 Å². The second kappa shape index (κ2) is 4.14. The van der Waals surface area contributed by atoms with Crippen LogP contribution in [0.4, 0.5) is 0 Å². The molecule has 0 radical (unpaired) electrons. The molecule has 1 aliphatic carbocycles. The lowest BCUT2D eigenvalue weighted by molar-refractivity contribution is 0.402. The summed E-state index contributed by atoms with van der Waals surface area (Å²) in [6, 6.07) is 5.71. The van der Waals surface area contributed by atoms with Crippen molar-refractivity contribution in [2.24, 2.45) is 0 Å². The van der Waals surface area contributed by atoms with E-state index in [-0.39, 0.29) is 0 Å². The van der Waals surface area contributed by atoms with Gasteiger partial charge in [-0.05, 0) is 31.0 Å². The van der Waals surface area contributed by atoms with E-state index in [1.807, 2.05) is 18.2 Å². The lowest BCUT2D eigenvalue weighted by Gasteiger charge is -2.04. The Bertz CT molecular complexity index is 549. The fourth-order valence-corrected chi connectivity index (χ4v) is 2.06. The fourth-order valence-electron chi connectivity index (χ4n) is 1.70. The van der Waals surface area contributed by atoms with Crippen molar-refractivity contribution in [3.63, 3.8) is 0 Å². The summed E-state index contributed by atoms with van der Waals surface area (Å²) in [5.41, 5.74) is 0.821. The Hall–Kier alpha value is -1.36. The van der Waals surface area contributed by atoms with E-state index in [4.69, 9.17) is 9.26 Å². The molecule has 1 saturated carbocycles. The lowest BCUT2D eigenvalue weighted by Crippen LogP contribution is -1.88. The highest BCUT2D eigenvalue weighted by molar-refractivity contribution is 9.10. The van der Waals surface area contributed by atoms with Crippen molar-refractivity contribution in [1.82, 2.24) is 10.1 Å². The quantitative estimate of drug-likeness (QED) is 0.871. The van der Waals surface area contributed by atoms with Gasteiger partial charge in [0.05, 0.1) is 12.7 Å². The second-order valence-corrected chi connectivity index (χ2v) is 4.99. The van der Waals surface area contributed by atoms with Crippen LogP contribution in [0.1, 0.15) is 24.6 Å². The molecule has 0 spiro atoms. The molecule has 0 atom stereocenters. The highest BCUT2D eigenvalue weighted by Crippen LogP contribution is 2.40. The number of halogens is 1. The molecule has 1 aliphatic rings. The minimum Gasteiger partial charge on any atom is -0.496 e. The molecule has 1 aromatic carbocycles. The van der Waals surface area contributed by atoms with Gasteiger partial charge in [0.2, 0.25) is 0 Å². The van der Waals surface area contributed by atoms with Gasteiger partial charge in [0.1, 0.15) is 5.75 Å². The number of benzene rings is 1. The average molecular weight is 295 g/mol. The van der Waals surface area contributed by atoms with Crippen molar-refractivity contribution in [2.75, 3.05) is 7.11 Å². The maximum Gasteiger partial charge on any atom is 0.261 e. The molecule has 3 rings (SSSR count). The molecule has 5 heteroatoms. The summed E-state index contributed by atoms with van der Waals surface area (Å²) < 4.78 is 11.5. The Morgan fingerprint density at radius 2 is 2.24 bits per heavy atom. The maximum atomic E-state index is 5.29. The van der Waals surface area contributed by atoms with E-state index in [1.54, 1.807) is 7.11 Å².